The Labute approximate surface area is 97.7 Å². The zero-order valence-corrected chi connectivity index (χ0v) is 10.0. The summed E-state index contributed by atoms with van der Waals surface area (Å²) in [6.07, 6.45) is 11.1. The van der Waals surface area contributed by atoms with Crippen LogP contribution in [0.4, 0.5) is 0 Å². The number of hydrogen-bond donors (Lipinski definition) is 1. The molecule has 2 aliphatic heterocycles. The first-order valence-electron chi connectivity index (χ1n) is 6.90. The van der Waals surface area contributed by atoms with Crippen LogP contribution in [0.5, 0.6) is 0 Å². The van der Waals surface area contributed by atoms with E-state index >= 15 is 0 Å². The van der Waals surface area contributed by atoms with Gasteiger partial charge < -0.3 is 5.11 Å². The fourth-order valence-electron chi connectivity index (χ4n) is 3.61. The third-order valence-corrected chi connectivity index (χ3v) is 4.44. The highest BCUT2D eigenvalue weighted by Gasteiger charge is 2.37. The third kappa shape index (κ3) is 1.68. The van der Waals surface area contributed by atoms with Crippen molar-refractivity contribution >= 4 is 5.71 Å². The molecule has 1 N–H and O–H groups in total. The Kier molecular flexibility index (Phi) is 2.74. The number of fused-ring (bicyclic) bond motifs is 2. The Bertz CT molecular complexity index is 354. The van der Waals surface area contributed by atoms with Crippen molar-refractivity contribution in [3.63, 3.8) is 0 Å². The van der Waals surface area contributed by atoms with Crippen molar-refractivity contribution in [2.75, 3.05) is 6.54 Å². The molecule has 1 aliphatic carbocycles. The third-order valence-electron chi connectivity index (χ3n) is 4.44. The lowest BCUT2D eigenvalue weighted by atomic mass is 9.90. The van der Waals surface area contributed by atoms with Crippen LogP contribution in [-0.2, 0) is 0 Å². The zero-order valence-electron chi connectivity index (χ0n) is 10.0. The van der Waals surface area contributed by atoms with Crippen molar-refractivity contribution in [3.8, 4) is 0 Å². The number of hydrogen-bond acceptors (Lipinski definition) is 1. The topological polar surface area (TPSA) is 23.2 Å². The monoisotopic (exact) mass is 220 g/mol. The predicted octanol–water partition coefficient (Wildman–Crippen LogP) is 3.17. The maximum atomic E-state index is 10.2. The molecule has 3 rings (SSSR count). The molecular formula is C14H22NO+. The van der Waals surface area contributed by atoms with Crippen LogP contribution in [0.15, 0.2) is 11.3 Å². The predicted molar refractivity (Wildman–Crippen MR) is 65.1 cm³/mol. The van der Waals surface area contributed by atoms with Gasteiger partial charge in [0.05, 0.1) is 12.0 Å². The Balaban J connectivity index is 2.01. The van der Waals surface area contributed by atoms with Crippen LogP contribution in [-0.4, -0.2) is 28.0 Å². The molecule has 1 saturated carbocycles. The van der Waals surface area contributed by atoms with E-state index in [2.05, 4.69) is 4.58 Å². The molecule has 2 fully saturated rings. The van der Waals surface area contributed by atoms with Crippen LogP contribution in [0.3, 0.4) is 0 Å². The lowest BCUT2D eigenvalue weighted by Gasteiger charge is -2.28. The summed E-state index contributed by atoms with van der Waals surface area (Å²) < 4.78 is 2.63. The summed E-state index contributed by atoms with van der Waals surface area (Å²) >= 11 is 0. The molecule has 2 nitrogen and oxygen atoms in total. The first-order chi connectivity index (χ1) is 7.86. The summed E-state index contributed by atoms with van der Waals surface area (Å²) in [7, 11) is 0. The number of nitrogens with zero attached hydrogens (tertiary/aromatic N) is 1. The lowest BCUT2D eigenvalue weighted by molar-refractivity contribution is -0.578. The van der Waals surface area contributed by atoms with Gasteiger partial charge in [-0.25, -0.2) is 4.58 Å². The van der Waals surface area contributed by atoms with Gasteiger partial charge in [-0.3, -0.25) is 0 Å². The van der Waals surface area contributed by atoms with Crippen LogP contribution >= 0.6 is 0 Å². The molecule has 1 saturated heterocycles. The molecule has 0 spiro atoms. The maximum absolute atomic E-state index is 10.2. The van der Waals surface area contributed by atoms with E-state index in [4.69, 9.17) is 0 Å². The molecule has 0 radical (unpaired) electrons. The largest absolute Gasteiger partial charge is 0.512 e. The highest BCUT2D eigenvalue weighted by molar-refractivity contribution is 5.97. The highest BCUT2D eigenvalue weighted by atomic mass is 16.3. The summed E-state index contributed by atoms with van der Waals surface area (Å²) in [6, 6.07) is 0.616. The molecule has 1 unspecified atom stereocenters. The van der Waals surface area contributed by atoms with Crippen molar-refractivity contribution in [3.05, 3.63) is 11.3 Å². The molecular weight excluding hydrogens is 198 g/mol. The zero-order chi connectivity index (χ0) is 11.0. The summed E-state index contributed by atoms with van der Waals surface area (Å²) in [5.41, 5.74) is 2.82. The van der Waals surface area contributed by atoms with Crippen molar-refractivity contribution in [2.45, 2.75) is 63.8 Å². The maximum Gasteiger partial charge on any atom is 0.182 e. The molecule has 3 aliphatic rings. The van der Waals surface area contributed by atoms with Gasteiger partial charge in [-0.2, -0.15) is 0 Å². The van der Waals surface area contributed by atoms with E-state index in [1.807, 2.05) is 0 Å². The van der Waals surface area contributed by atoms with Crippen LogP contribution < -0.4 is 0 Å². The van der Waals surface area contributed by atoms with Gasteiger partial charge >= 0.3 is 0 Å². The molecule has 2 heteroatoms. The molecule has 2 heterocycles. The highest BCUT2D eigenvalue weighted by Crippen LogP contribution is 2.31. The van der Waals surface area contributed by atoms with Crippen molar-refractivity contribution in [1.29, 1.82) is 0 Å². The van der Waals surface area contributed by atoms with Crippen LogP contribution in [0.25, 0.3) is 0 Å². The van der Waals surface area contributed by atoms with Gasteiger partial charge in [0.2, 0.25) is 0 Å². The Hall–Kier alpha value is -0.790. The van der Waals surface area contributed by atoms with Crippen molar-refractivity contribution in [1.82, 2.24) is 0 Å². The Morgan fingerprint density at radius 1 is 1.00 bits per heavy atom. The number of piperidine rings is 1. The second kappa shape index (κ2) is 4.23. The van der Waals surface area contributed by atoms with Crippen molar-refractivity contribution < 1.29 is 9.68 Å². The van der Waals surface area contributed by atoms with Gasteiger partial charge in [0, 0.05) is 19.3 Å². The van der Waals surface area contributed by atoms with E-state index in [0.29, 0.717) is 6.04 Å². The van der Waals surface area contributed by atoms with E-state index < -0.39 is 0 Å². The van der Waals surface area contributed by atoms with E-state index in [9.17, 15) is 5.11 Å². The minimum atomic E-state index is 0.616. The fourth-order valence-corrected chi connectivity index (χ4v) is 3.61. The minimum Gasteiger partial charge on any atom is -0.512 e. The molecule has 0 aromatic heterocycles. The smallest absolute Gasteiger partial charge is 0.182 e. The van der Waals surface area contributed by atoms with E-state index in [0.717, 1.165) is 18.6 Å². The summed E-state index contributed by atoms with van der Waals surface area (Å²) in [6.45, 7) is 1.23. The second-order valence-electron chi connectivity index (χ2n) is 5.48. The van der Waals surface area contributed by atoms with Gasteiger partial charge in [0.1, 0.15) is 12.3 Å². The summed E-state index contributed by atoms with van der Waals surface area (Å²) in [4.78, 5) is 0. The standard InChI is InChI=1S/C14H21NO/c16-14-10-11-6-4-5-9-15(11)13-8-3-1-2-7-12(13)14/h11H,1-10H2/p+1. The molecule has 0 amide bonds. The fraction of sp³-hybridized carbons (Fsp3) is 0.786. The number of aliphatic hydroxyl groups excluding tert-OH is 1. The van der Waals surface area contributed by atoms with Crippen molar-refractivity contribution in [2.24, 2.45) is 0 Å². The summed E-state index contributed by atoms with van der Waals surface area (Å²) in [5.74, 6) is 0.722. The summed E-state index contributed by atoms with van der Waals surface area (Å²) in [5, 5.41) is 10.2. The molecule has 16 heavy (non-hydrogen) atoms. The van der Waals surface area contributed by atoms with Gasteiger partial charge in [0.25, 0.3) is 0 Å². The number of allylic oxidation sites excluding steroid dienone is 1. The molecule has 0 aromatic carbocycles. The SMILES string of the molecule is OC1=C2CCCCCC2=[N+]2CCCCC2C1. The molecule has 88 valence electrons. The quantitative estimate of drug-likeness (QED) is 0.623. The van der Waals surface area contributed by atoms with Gasteiger partial charge in [-0.05, 0) is 25.7 Å². The lowest BCUT2D eigenvalue weighted by Crippen LogP contribution is -2.40. The van der Waals surface area contributed by atoms with Crippen LogP contribution in [0.1, 0.15) is 57.8 Å². The van der Waals surface area contributed by atoms with E-state index in [1.54, 1.807) is 0 Å². The first-order valence-corrected chi connectivity index (χ1v) is 6.90. The first kappa shape index (κ1) is 10.4. The minimum absolute atomic E-state index is 0.616. The second-order valence-corrected chi connectivity index (χ2v) is 5.48. The molecule has 1 atom stereocenters. The van der Waals surface area contributed by atoms with Gasteiger partial charge in [0.15, 0.2) is 11.8 Å². The Morgan fingerprint density at radius 3 is 2.81 bits per heavy atom. The molecule has 0 bridgehead atoms. The van der Waals surface area contributed by atoms with Gasteiger partial charge in [-0.15, -0.1) is 0 Å². The Morgan fingerprint density at radius 2 is 1.88 bits per heavy atom. The van der Waals surface area contributed by atoms with E-state index in [-0.39, 0.29) is 0 Å². The number of rotatable bonds is 0. The molecule has 0 aromatic rings. The van der Waals surface area contributed by atoms with Crippen LogP contribution in [0.2, 0.25) is 0 Å². The van der Waals surface area contributed by atoms with Gasteiger partial charge in [-0.1, -0.05) is 6.42 Å². The number of aliphatic hydroxyl groups is 1. The van der Waals surface area contributed by atoms with E-state index in [1.165, 1.54) is 62.8 Å². The average Bonchev–Trinajstić information content (AvgIpc) is 2.55. The normalized spacial score (nSPS) is 30.9. The average molecular weight is 220 g/mol. The van der Waals surface area contributed by atoms with Crippen LogP contribution in [0, 0.1) is 0 Å².